The lowest BCUT2D eigenvalue weighted by Crippen LogP contribution is -1.99. The fourth-order valence-electron chi connectivity index (χ4n) is 2.51. The molecule has 1 aliphatic rings. The number of hydrogen-bond donors (Lipinski definition) is 0. The molecule has 18 heavy (non-hydrogen) atoms. The van der Waals surface area contributed by atoms with E-state index in [0.29, 0.717) is 5.57 Å². The van der Waals surface area contributed by atoms with Crippen LogP contribution in [0, 0.1) is 0 Å². The molecule has 0 radical (unpaired) electrons. The molecule has 2 aromatic carbocycles. The second kappa shape index (κ2) is 3.95. The fourth-order valence-corrected chi connectivity index (χ4v) is 2.51. The van der Waals surface area contributed by atoms with E-state index < -0.39 is 0 Å². The van der Waals surface area contributed by atoms with Crippen LogP contribution < -0.4 is 0 Å². The Morgan fingerprint density at radius 3 is 2.56 bits per heavy atom. The monoisotopic (exact) mass is 234 g/mol. The van der Waals surface area contributed by atoms with E-state index in [-0.39, 0.29) is 5.78 Å². The number of benzene rings is 2. The minimum Gasteiger partial charge on any atom is -0.289 e. The molecule has 1 nitrogen and oxygen atoms in total. The van der Waals surface area contributed by atoms with Gasteiger partial charge in [-0.1, -0.05) is 43.0 Å². The molecule has 0 aliphatic heterocycles. The average molecular weight is 234 g/mol. The van der Waals surface area contributed by atoms with Gasteiger partial charge < -0.3 is 0 Å². The van der Waals surface area contributed by atoms with Gasteiger partial charge in [-0.2, -0.15) is 0 Å². The van der Waals surface area contributed by atoms with Gasteiger partial charge >= 0.3 is 0 Å². The van der Waals surface area contributed by atoms with Crippen molar-refractivity contribution < 1.29 is 4.79 Å². The highest BCUT2D eigenvalue weighted by molar-refractivity contribution is 6.08. The Hall–Kier alpha value is -2.15. The summed E-state index contributed by atoms with van der Waals surface area (Å²) in [6.07, 6.45) is 0.965. The number of rotatable bonds is 2. The molecule has 1 heteroatoms. The molecule has 0 saturated carbocycles. The molecule has 0 amide bonds. The normalized spacial score (nSPS) is 11.8. The second-order valence-electron chi connectivity index (χ2n) is 4.82. The van der Waals surface area contributed by atoms with Crippen LogP contribution in [0.25, 0.3) is 11.1 Å². The topological polar surface area (TPSA) is 17.1 Å². The quantitative estimate of drug-likeness (QED) is 0.483. The molecule has 0 fully saturated rings. The molecule has 3 rings (SSSR count). The predicted molar refractivity (Wildman–Crippen MR) is 73.8 cm³/mol. The SMILES string of the molecule is C=C(C)C(=O)c1ccc2c(c1)-c1ccccc1C2. The molecular formula is C17H14O. The Morgan fingerprint density at radius 1 is 1.06 bits per heavy atom. The van der Waals surface area contributed by atoms with Crippen molar-refractivity contribution in [2.24, 2.45) is 0 Å². The van der Waals surface area contributed by atoms with E-state index >= 15 is 0 Å². The van der Waals surface area contributed by atoms with Crippen molar-refractivity contribution in [1.82, 2.24) is 0 Å². The molecule has 88 valence electrons. The number of Topliss-reactive ketones (excluding diaryl/α,β-unsaturated/α-hetero) is 1. The Bertz CT molecular complexity index is 665. The Morgan fingerprint density at radius 2 is 1.78 bits per heavy atom. The van der Waals surface area contributed by atoms with Crippen molar-refractivity contribution in [3.63, 3.8) is 0 Å². The number of allylic oxidation sites excluding steroid dienone is 1. The number of carbonyl (C=O) groups is 1. The molecule has 0 spiro atoms. The van der Waals surface area contributed by atoms with Gasteiger partial charge in [0.1, 0.15) is 0 Å². The van der Waals surface area contributed by atoms with E-state index in [1.807, 2.05) is 18.2 Å². The number of carbonyl (C=O) groups excluding carboxylic acids is 1. The van der Waals surface area contributed by atoms with Gasteiger partial charge in [-0.3, -0.25) is 4.79 Å². The summed E-state index contributed by atoms with van der Waals surface area (Å²) in [6.45, 7) is 5.47. The zero-order valence-electron chi connectivity index (χ0n) is 10.4. The molecule has 0 N–H and O–H groups in total. The van der Waals surface area contributed by atoms with Crippen LogP contribution in [0.5, 0.6) is 0 Å². The maximum Gasteiger partial charge on any atom is 0.188 e. The molecule has 0 saturated heterocycles. The summed E-state index contributed by atoms with van der Waals surface area (Å²) < 4.78 is 0. The summed E-state index contributed by atoms with van der Waals surface area (Å²) in [4.78, 5) is 12.0. The fraction of sp³-hybridized carbons (Fsp3) is 0.118. The maximum absolute atomic E-state index is 12.0. The number of ketones is 1. The largest absolute Gasteiger partial charge is 0.289 e. The second-order valence-corrected chi connectivity index (χ2v) is 4.82. The highest BCUT2D eigenvalue weighted by Crippen LogP contribution is 2.36. The van der Waals surface area contributed by atoms with Gasteiger partial charge in [0.15, 0.2) is 5.78 Å². The highest BCUT2D eigenvalue weighted by atomic mass is 16.1. The molecule has 1 aliphatic carbocycles. The highest BCUT2D eigenvalue weighted by Gasteiger charge is 2.19. The Balaban J connectivity index is 2.14. The first kappa shape index (κ1) is 11.0. The standard InChI is InChI=1S/C17H14O/c1-11(2)17(18)14-8-7-13-9-12-5-3-4-6-15(12)16(13)10-14/h3-8,10H,1,9H2,2H3. The molecule has 0 bridgehead atoms. The lowest BCUT2D eigenvalue weighted by Gasteiger charge is -2.04. The lowest BCUT2D eigenvalue weighted by atomic mass is 9.99. The van der Waals surface area contributed by atoms with Gasteiger partial charge in [0.25, 0.3) is 0 Å². The van der Waals surface area contributed by atoms with Crippen LogP contribution in [0.4, 0.5) is 0 Å². The first-order chi connectivity index (χ1) is 8.66. The summed E-state index contributed by atoms with van der Waals surface area (Å²) in [6, 6.07) is 14.3. The molecule has 0 aromatic heterocycles. The zero-order valence-corrected chi connectivity index (χ0v) is 10.4. The summed E-state index contributed by atoms with van der Waals surface area (Å²) in [5.74, 6) is 0.0298. The van der Waals surface area contributed by atoms with Crippen molar-refractivity contribution >= 4 is 5.78 Å². The minimum atomic E-state index is 0.0298. The van der Waals surface area contributed by atoms with Crippen LogP contribution in [0.15, 0.2) is 54.6 Å². The van der Waals surface area contributed by atoms with Crippen molar-refractivity contribution in [1.29, 1.82) is 0 Å². The zero-order chi connectivity index (χ0) is 12.7. The molecule has 0 unspecified atom stereocenters. The van der Waals surface area contributed by atoms with Gasteiger partial charge in [-0.25, -0.2) is 0 Å². The third kappa shape index (κ3) is 1.60. The van der Waals surface area contributed by atoms with Crippen molar-refractivity contribution in [3.05, 3.63) is 71.3 Å². The third-order valence-electron chi connectivity index (χ3n) is 3.45. The lowest BCUT2D eigenvalue weighted by molar-refractivity contribution is 0.103. The van der Waals surface area contributed by atoms with Crippen molar-refractivity contribution in [3.8, 4) is 11.1 Å². The van der Waals surface area contributed by atoms with Crippen LogP contribution in [-0.4, -0.2) is 5.78 Å². The smallest absolute Gasteiger partial charge is 0.188 e. The van der Waals surface area contributed by atoms with Gasteiger partial charge in [-0.05, 0) is 47.2 Å². The van der Waals surface area contributed by atoms with Gasteiger partial charge in [-0.15, -0.1) is 0 Å². The molecule has 2 aromatic rings. The van der Waals surface area contributed by atoms with E-state index in [9.17, 15) is 4.79 Å². The number of fused-ring (bicyclic) bond motifs is 3. The summed E-state index contributed by atoms with van der Waals surface area (Å²) in [7, 11) is 0. The average Bonchev–Trinajstić information content (AvgIpc) is 2.75. The predicted octanol–water partition coefficient (Wildman–Crippen LogP) is 4.02. The Kier molecular flexibility index (Phi) is 2.41. The van der Waals surface area contributed by atoms with Crippen molar-refractivity contribution in [2.45, 2.75) is 13.3 Å². The van der Waals surface area contributed by atoms with Gasteiger partial charge in [0, 0.05) is 5.56 Å². The van der Waals surface area contributed by atoms with Crippen LogP contribution in [0.3, 0.4) is 0 Å². The van der Waals surface area contributed by atoms with Gasteiger partial charge in [0.2, 0.25) is 0 Å². The minimum absolute atomic E-state index is 0.0298. The first-order valence-corrected chi connectivity index (χ1v) is 6.08. The maximum atomic E-state index is 12.0. The molecule has 0 heterocycles. The summed E-state index contributed by atoms with van der Waals surface area (Å²) in [5.41, 5.74) is 6.41. The molecular weight excluding hydrogens is 220 g/mol. The first-order valence-electron chi connectivity index (χ1n) is 6.08. The third-order valence-corrected chi connectivity index (χ3v) is 3.45. The van der Waals surface area contributed by atoms with Crippen molar-refractivity contribution in [2.75, 3.05) is 0 Å². The van der Waals surface area contributed by atoms with E-state index in [4.69, 9.17) is 0 Å². The van der Waals surface area contributed by atoms with Crippen LogP contribution in [0.2, 0.25) is 0 Å². The van der Waals surface area contributed by atoms with Crippen LogP contribution >= 0.6 is 0 Å². The van der Waals surface area contributed by atoms with Gasteiger partial charge in [0.05, 0.1) is 0 Å². The van der Waals surface area contributed by atoms with Crippen LogP contribution in [0.1, 0.15) is 28.4 Å². The summed E-state index contributed by atoms with van der Waals surface area (Å²) in [5, 5.41) is 0. The Labute approximate surface area is 107 Å². The van der Waals surface area contributed by atoms with E-state index in [2.05, 4.69) is 30.8 Å². The van der Waals surface area contributed by atoms with E-state index in [1.54, 1.807) is 6.92 Å². The van der Waals surface area contributed by atoms with E-state index in [0.717, 1.165) is 12.0 Å². The number of hydrogen-bond acceptors (Lipinski definition) is 1. The summed E-state index contributed by atoms with van der Waals surface area (Å²) >= 11 is 0. The van der Waals surface area contributed by atoms with Crippen LogP contribution in [-0.2, 0) is 6.42 Å². The van der Waals surface area contributed by atoms with E-state index in [1.165, 1.54) is 22.3 Å². The molecule has 0 atom stereocenters.